The van der Waals surface area contributed by atoms with Gasteiger partial charge in [0, 0.05) is 5.56 Å². The highest BCUT2D eigenvalue weighted by atomic mass is 35.5. The Kier molecular flexibility index (Phi) is 5.78. The number of anilines is 1. The van der Waals surface area contributed by atoms with Gasteiger partial charge in [-0.2, -0.15) is 0 Å². The Balaban J connectivity index is 1.97. The number of amides is 3. The third kappa shape index (κ3) is 4.47. The largest absolute Gasteiger partial charge is 0.366 e. The number of para-hydroxylation sites is 1. The van der Waals surface area contributed by atoms with Gasteiger partial charge >= 0.3 is 0 Å². The van der Waals surface area contributed by atoms with Crippen LogP contribution in [0.15, 0.2) is 42.5 Å². The number of benzene rings is 2. The van der Waals surface area contributed by atoms with Crippen LogP contribution in [0, 0.1) is 0 Å². The van der Waals surface area contributed by atoms with Crippen LogP contribution in [0.2, 0.25) is 10.0 Å². The molecule has 0 radical (unpaired) electrons. The molecule has 0 unspecified atom stereocenters. The first-order chi connectivity index (χ1) is 11.4. The third-order valence-corrected chi connectivity index (χ3v) is 3.80. The molecular weight excluding hydrogens is 353 g/mol. The van der Waals surface area contributed by atoms with Crippen molar-refractivity contribution in [2.24, 2.45) is 5.73 Å². The predicted molar refractivity (Wildman–Crippen MR) is 92.4 cm³/mol. The summed E-state index contributed by atoms with van der Waals surface area (Å²) in [7, 11) is 0. The second-order valence-corrected chi connectivity index (χ2v) is 5.58. The van der Waals surface area contributed by atoms with Crippen molar-refractivity contribution in [2.45, 2.75) is 0 Å². The maximum atomic E-state index is 12.0. The average molecular weight is 366 g/mol. The molecule has 0 aliphatic carbocycles. The van der Waals surface area contributed by atoms with E-state index < -0.39 is 17.7 Å². The summed E-state index contributed by atoms with van der Waals surface area (Å²) in [5, 5.41) is 5.53. The van der Waals surface area contributed by atoms with Gasteiger partial charge in [0.05, 0.1) is 27.8 Å². The first kappa shape index (κ1) is 17.8. The van der Waals surface area contributed by atoms with Crippen LogP contribution in [0.4, 0.5) is 5.69 Å². The second-order valence-electron chi connectivity index (χ2n) is 4.77. The van der Waals surface area contributed by atoms with Crippen molar-refractivity contribution in [2.75, 3.05) is 11.9 Å². The fourth-order valence-electron chi connectivity index (χ4n) is 1.90. The lowest BCUT2D eigenvalue weighted by atomic mass is 10.1. The predicted octanol–water partition coefficient (Wildman–Crippen LogP) is 2.46. The molecule has 0 saturated heterocycles. The number of hydrogen-bond donors (Lipinski definition) is 3. The number of rotatable bonds is 5. The summed E-state index contributed by atoms with van der Waals surface area (Å²) in [5.74, 6) is -1.64. The molecule has 2 aromatic carbocycles. The summed E-state index contributed by atoms with van der Waals surface area (Å²) < 4.78 is 0. The van der Waals surface area contributed by atoms with E-state index in [0.717, 1.165) is 0 Å². The third-order valence-electron chi connectivity index (χ3n) is 3.06. The SMILES string of the molecule is NC(=O)c1ccccc1NC(=O)CNC(=O)c1ccc(Cl)c(Cl)c1. The Morgan fingerprint density at radius 3 is 2.38 bits per heavy atom. The van der Waals surface area contributed by atoms with Gasteiger partial charge in [0.25, 0.3) is 11.8 Å². The van der Waals surface area contributed by atoms with Gasteiger partial charge in [0.1, 0.15) is 0 Å². The Labute approximate surface area is 147 Å². The molecule has 2 rings (SSSR count). The van der Waals surface area contributed by atoms with Gasteiger partial charge < -0.3 is 16.4 Å². The van der Waals surface area contributed by atoms with Gasteiger partial charge in [-0.15, -0.1) is 0 Å². The summed E-state index contributed by atoms with van der Waals surface area (Å²) in [6.07, 6.45) is 0. The molecule has 0 saturated carbocycles. The lowest BCUT2D eigenvalue weighted by Crippen LogP contribution is -2.33. The highest BCUT2D eigenvalue weighted by Crippen LogP contribution is 2.22. The molecule has 0 bridgehead atoms. The van der Waals surface area contributed by atoms with Gasteiger partial charge in [-0.1, -0.05) is 35.3 Å². The van der Waals surface area contributed by atoms with Gasteiger partial charge in [-0.05, 0) is 30.3 Å². The van der Waals surface area contributed by atoms with Crippen LogP contribution in [0.3, 0.4) is 0 Å². The molecule has 4 N–H and O–H groups in total. The van der Waals surface area contributed by atoms with Gasteiger partial charge in [0.2, 0.25) is 5.91 Å². The van der Waals surface area contributed by atoms with E-state index in [0.29, 0.717) is 5.02 Å². The molecule has 0 aliphatic rings. The lowest BCUT2D eigenvalue weighted by Gasteiger charge is -2.10. The minimum atomic E-state index is -0.661. The quantitative estimate of drug-likeness (QED) is 0.758. The van der Waals surface area contributed by atoms with Crippen LogP contribution in [-0.4, -0.2) is 24.3 Å². The number of carbonyl (C=O) groups excluding carboxylic acids is 3. The first-order valence-corrected chi connectivity index (χ1v) is 7.56. The standard InChI is InChI=1S/C16H13Cl2N3O3/c17-11-6-5-9(7-12(11)18)16(24)20-8-14(22)21-13-4-2-1-3-10(13)15(19)23/h1-7H,8H2,(H2,19,23)(H,20,24)(H,21,22). The van der Waals surface area contributed by atoms with Crippen LogP contribution in [0.25, 0.3) is 0 Å². The van der Waals surface area contributed by atoms with E-state index in [4.69, 9.17) is 28.9 Å². The molecule has 0 fully saturated rings. The molecular formula is C16H13Cl2N3O3. The molecule has 0 atom stereocenters. The summed E-state index contributed by atoms with van der Waals surface area (Å²) in [5.41, 5.74) is 5.96. The number of halogens is 2. The van der Waals surface area contributed by atoms with Crippen molar-refractivity contribution in [3.63, 3.8) is 0 Å². The van der Waals surface area contributed by atoms with E-state index in [1.165, 1.54) is 24.3 Å². The van der Waals surface area contributed by atoms with E-state index >= 15 is 0 Å². The Bertz CT molecular complexity index is 809. The van der Waals surface area contributed by atoms with Crippen LogP contribution in [-0.2, 0) is 4.79 Å². The maximum Gasteiger partial charge on any atom is 0.251 e. The summed E-state index contributed by atoms with van der Waals surface area (Å²) in [4.78, 5) is 35.2. The van der Waals surface area contributed by atoms with Crippen LogP contribution < -0.4 is 16.4 Å². The monoisotopic (exact) mass is 365 g/mol. The second kappa shape index (κ2) is 7.81. The highest BCUT2D eigenvalue weighted by molar-refractivity contribution is 6.42. The topological polar surface area (TPSA) is 101 Å². The molecule has 0 aliphatic heterocycles. The summed E-state index contributed by atoms with van der Waals surface area (Å²) >= 11 is 11.6. The molecule has 0 spiro atoms. The van der Waals surface area contributed by atoms with Crippen molar-refractivity contribution >= 4 is 46.6 Å². The summed E-state index contributed by atoms with van der Waals surface area (Å²) in [6, 6.07) is 10.7. The van der Waals surface area contributed by atoms with E-state index in [9.17, 15) is 14.4 Å². The molecule has 124 valence electrons. The molecule has 8 heteroatoms. The van der Waals surface area contributed by atoms with Gasteiger partial charge in [0.15, 0.2) is 0 Å². The normalized spacial score (nSPS) is 10.1. The molecule has 3 amide bonds. The van der Waals surface area contributed by atoms with E-state index in [1.807, 2.05) is 0 Å². The first-order valence-electron chi connectivity index (χ1n) is 6.80. The Morgan fingerprint density at radius 1 is 1.00 bits per heavy atom. The fraction of sp³-hybridized carbons (Fsp3) is 0.0625. The zero-order valence-electron chi connectivity index (χ0n) is 12.3. The number of hydrogen-bond acceptors (Lipinski definition) is 3. The minimum absolute atomic E-state index is 0.182. The average Bonchev–Trinajstić information content (AvgIpc) is 2.55. The molecule has 0 aromatic heterocycles. The zero-order valence-corrected chi connectivity index (χ0v) is 13.8. The number of nitrogens with one attached hydrogen (secondary N) is 2. The molecule has 24 heavy (non-hydrogen) atoms. The van der Waals surface area contributed by atoms with E-state index in [2.05, 4.69) is 10.6 Å². The molecule has 0 heterocycles. The van der Waals surface area contributed by atoms with Crippen molar-refractivity contribution in [3.8, 4) is 0 Å². The Morgan fingerprint density at radius 2 is 1.71 bits per heavy atom. The van der Waals surface area contributed by atoms with Crippen LogP contribution in [0.5, 0.6) is 0 Å². The molecule has 6 nitrogen and oxygen atoms in total. The van der Waals surface area contributed by atoms with Gasteiger partial charge in [-0.3, -0.25) is 14.4 Å². The zero-order chi connectivity index (χ0) is 17.7. The van der Waals surface area contributed by atoms with Crippen molar-refractivity contribution in [1.82, 2.24) is 5.32 Å². The highest BCUT2D eigenvalue weighted by Gasteiger charge is 2.12. The van der Waals surface area contributed by atoms with Crippen LogP contribution >= 0.6 is 23.2 Å². The minimum Gasteiger partial charge on any atom is -0.366 e. The Hall–Kier alpha value is -2.57. The van der Waals surface area contributed by atoms with Gasteiger partial charge in [-0.25, -0.2) is 0 Å². The number of carbonyl (C=O) groups is 3. The molecule has 2 aromatic rings. The summed E-state index contributed by atoms with van der Waals surface area (Å²) in [6.45, 7) is -0.286. The smallest absolute Gasteiger partial charge is 0.251 e. The maximum absolute atomic E-state index is 12.0. The van der Waals surface area contributed by atoms with Crippen molar-refractivity contribution < 1.29 is 14.4 Å². The van der Waals surface area contributed by atoms with Crippen molar-refractivity contribution in [1.29, 1.82) is 0 Å². The number of primary amides is 1. The fourth-order valence-corrected chi connectivity index (χ4v) is 2.20. The van der Waals surface area contributed by atoms with Crippen molar-refractivity contribution in [3.05, 3.63) is 63.6 Å². The lowest BCUT2D eigenvalue weighted by molar-refractivity contribution is -0.115. The van der Waals surface area contributed by atoms with E-state index in [1.54, 1.807) is 18.2 Å². The van der Waals surface area contributed by atoms with Crippen LogP contribution in [0.1, 0.15) is 20.7 Å². The van der Waals surface area contributed by atoms with E-state index in [-0.39, 0.29) is 28.4 Å². The number of nitrogens with two attached hydrogens (primary N) is 1.